The molecular formula is C12H20N4. The monoisotopic (exact) mass is 220 g/mol. The van der Waals surface area contributed by atoms with E-state index in [2.05, 4.69) is 21.6 Å². The van der Waals surface area contributed by atoms with Crippen LogP contribution in [0.3, 0.4) is 0 Å². The fourth-order valence-electron chi connectivity index (χ4n) is 2.14. The van der Waals surface area contributed by atoms with Gasteiger partial charge in [0.2, 0.25) is 0 Å². The van der Waals surface area contributed by atoms with Crippen LogP contribution in [-0.2, 0) is 0 Å². The molecule has 2 rings (SSSR count). The Morgan fingerprint density at radius 3 is 2.69 bits per heavy atom. The molecule has 1 aromatic rings. The maximum Gasteiger partial charge on any atom is 0.148 e. The van der Waals surface area contributed by atoms with Gasteiger partial charge < -0.3 is 11.1 Å². The average molecular weight is 220 g/mol. The van der Waals surface area contributed by atoms with Crippen LogP contribution in [0.1, 0.15) is 44.2 Å². The van der Waals surface area contributed by atoms with Gasteiger partial charge in [-0.3, -0.25) is 0 Å². The van der Waals surface area contributed by atoms with Crippen molar-refractivity contribution in [2.24, 2.45) is 5.73 Å². The third-order valence-electron chi connectivity index (χ3n) is 3.06. The van der Waals surface area contributed by atoms with Crippen LogP contribution in [0.25, 0.3) is 0 Å². The first-order valence-corrected chi connectivity index (χ1v) is 6.09. The van der Waals surface area contributed by atoms with Gasteiger partial charge in [0.25, 0.3) is 0 Å². The van der Waals surface area contributed by atoms with Crippen LogP contribution >= 0.6 is 0 Å². The van der Waals surface area contributed by atoms with Gasteiger partial charge in [-0.2, -0.15) is 5.10 Å². The lowest BCUT2D eigenvalue weighted by molar-refractivity contribution is 0.680. The normalized spacial score (nSPS) is 18.6. The van der Waals surface area contributed by atoms with Crippen molar-refractivity contribution in [1.82, 2.24) is 10.2 Å². The Hall–Kier alpha value is -1.16. The Bertz CT molecular complexity index is 314. The molecule has 1 heterocycles. The molecule has 1 fully saturated rings. The number of nitrogens with zero attached hydrogens (tertiary/aromatic N) is 2. The maximum atomic E-state index is 5.66. The summed E-state index contributed by atoms with van der Waals surface area (Å²) in [6.45, 7) is 2.70. The Labute approximate surface area is 96.6 Å². The van der Waals surface area contributed by atoms with Gasteiger partial charge in [-0.1, -0.05) is 12.8 Å². The van der Waals surface area contributed by atoms with Gasteiger partial charge in [0.05, 0.1) is 5.69 Å². The Kier molecular flexibility index (Phi) is 3.72. The largest absolute Gasteiger partial charge is 0.367 e. The summed E-state index contributed by atoms with van der Waals surface area (Å²) >= 11 is 0. The van der Waals surface area contributed by atoms with Gasteiger partial charge in [0.1, 0.15) is 5.82 Å². The number of anilines is 1. The summed E-state index contributed by atoms with van der Waals surface area (Å²) in [6.07, 6.45) is 5.19. The third-order valence-corrected chi connectivity index (χ3v) is 3.06. The second-order valence-electron chi connectivity index (χ2n) is 4.68. The van der Waals surface area contributed by atoms with Gasteiger partial charge in [0, 0.05) is 18.5 Å². The van der Waals surface area contributed by atoms with Gasteiger partial charge in [0.15, 0.2) is 0 Å². The van der Waals surface area contributed by atoms with E-state index >= 15 is 0 Å². The standard InChI is InChI=1S/C12H20N4/c1-9(13)8-14-12-7-6-11(15-16-12)10-4-2-3-5-10/h6-7,9-10H,2-5,8,13H2,1H3,(H,14,16). The predicted molar refractivity (Wildman–Crippen MR) is 65.4 cm³/mol. The lowest BCUT2D eigenvalue weighted by Crippen LogP contribution is -2.25. The minimum Gasteiger partial charge on any atom is -0.367 e. The van der Waals surface area contributed by atoms with E-state index in [1.54, 1.807) is 0 Å². The second kappa shape index (κ2) is 5.25. The number of hydrogen-bond donors (Lipinski definition) is 2. The number of rotatable bonds is 4. The van der Waals surface area contributed by atoms with Crippen molar-refractivity contribution in [3.8, 4) is 0 Å². The molecule has 1 saturated carbocycles. The van der Waals surface area contributed by atoms with Crippen LogP contribution in [0, 0.1) is 0 Å². The Morgan fingerprint density at radius 2 is 2.12 bits per heavy atom. The van der Waals surface area contributed by atoms with Crippen LogP contribution in [0.4, 0.5) is 5.82 Å². The van der Waals surface area contributed by atoms with Crippen molar-refractivity contribution in [3.05, 3.63) is 17.8 Å². The summed E-state index contributed by atoms with van der Waals surface area (Å²) in [5.74, 6) is 1.45. The quantitative estimate of drug-likeness (QED) is 0.813. The van der Waals surface area contributed by atoms with Crippen molar-refractivity contribution < 1.29 is 0 Å². The molecule has 0 spiro atoms. The molecule has 88 valence electrons. The van der Waals surface area contributed by atoms with Gasteiger partial charge in [-0.25, -0.2) is 0 Å². The highest BCUT2D eigenvalue weighted by Crippen LogP contribution is 2.32. The van der Waals surface area contributed by atoms with Gasteiger partial charge in [-0.15, -0.1) is 5.10 Å². The number of nitrogens with two attached hydrogens (primary N) is 1. The van der Waals surface area contributed by atoms with E-state index in [9.17, 15) is 0 Å². The molecule has 4 nitrogen and oxygen atoms in total. The zero-order valence-electron chi connectivity index (χ0n) is 9.82. The molecule has 1 aliphatic rings. The molecule has 0 aromatic carbocycles. The lowest BCUT2D eigenvalue weighted by atomic mass is 10.0. The minimum atomic E-state index is 0.135. The lowest BCUT2D eigenvalue weighted by Gasteiger charge is -2.10. The van der Waals surface area contributed by atoms with Crippen LogP contribution < -0.4 is 11.1 Å². The van der Waals surface area contributed by atoms with Crippen molar-refractivity contribution in [2.75, 3.05) is 11.9 Å². The summed E-state index contributed by atoms with van der Waals surface area (Å²) in [6, 6.07) is 4.23. The Morgan fingerprint density at radius 1 is 1.38 bits per heavy atom. The molecule has 3 N–H and O–H groups in total. The highest BCUT2D eigenvalue weighted by atomic mass is 15.2. The van der Waals surface area contributed by atoms with Crippen LogP contribution in [0.15, 0.2) is 12.1 Å². The van der Waals surface area contributed by atoms with E-state index in [0.717, 1.165) is 18.1 Å². The molecule has 1 atom stereocenters. The topological polar surface area (TPSA) is 63.8 Å². The molecule has 0 aliphatic heterocycles. The van der Waals surface area contributed by atoms with Crippen molar-refractivity contribution in [2.45, 2.75) is 44.6 Å². The molecule has 0 saturated heterocycles. The number of aromatic nitrogens is 2. The Balaban J connectivity index is 1.93. The smallest absolute Gasteiger partial charge is 0.148 e. The third kappa shape index (κ3) is 2.92. The fourth-order valence-corrected chi connectivity index (χ4v) is 2.14. The van der Waals surface area contributed by atoms with E-state index in [-0.39, 0.29) is 6.04 Å². The van der Waals surface area contributed by atoms with Crippen LogP contribution in [-0.4, -0.2) is 22.8 Å². The average Bonchev–Trinajstić information content (AvgIpc) is 2.80. The van der Waals surface area contributed by atoms with E-state index in [1.807, 2.05) is 13.0 Å². The molecule has 1 aromatic heterocycles. The first-order chi connectivity index (χ1) is 7.75. The zero-order valence-corrected chi connectivity index (χ0v) is 9.82. The summed E-state index contributed by atoms with van der Waals surface area (Å²) < 4.78 is 0. The predicted octanol–water partition coefficient (Wildman–Crippen LogP) is 1.89. The summed E-state index contributed by atoms with van der Waals surface area (Å²) in [7, 11) is 0. The van der Waals surface area contributed by atoms with E-state index in [4.69, 9.17) is 5.73 Å². The summed E-state index contributed by atoms with van der Waals surface area (Å²) in [5.41, 5.74) is 6.80. The molecule has 0 bridgehead atoms. The molecule has 4 heteroatoms. The zero-order chi connectivity index (χ0) is 11.4. The van der Waals surface area contributed by atoms with Gasteiger partial charge >= 0.3 is 0 Å². The van der Waals surface area contributed by atoms with E-state index < -0.39 is 0 Å². The van der Waals surface area contributed by atoms with Crippen LogP contribution in [0.5, 0.6) is 0 Å². The second-order valence-corrected chi connectivity index (χ2v) is 4.68. The molecule has 0 radical (unpaired) electrons. The van der Waals surface area contributed by atoms with Gasteiger partial charge in [-0.05, 0) is 31.9 Å². The minimum absolute atomic E-state index is 0.135. The van der Waals surface area contributed by atoms with E-state index in [1.165, 1.54) is 25.7 Å². The molecule has 1 unspecified atom stereocenters. The van der Waals surface area contributed by atoms with Crippen LogP contribution in [0.2, 0.25) is 0 Å². The number of nitrogens with one attached hydrogen (secondary N) is 1. The van der Waals surface area contributed by atoms with Crippen molar-refractivity contribution in [1.29, 1.82) is 0 Å². The SMILES string of the molecule is CC(N)CNc1ccc(C2CCCC2)nn1. The summed E-state index contributed by atoms with van der Waals surface area (Å²) in [5, 5.41) is 11.6. The van der Waals surface area contributed by atoms with Crippen molar-refractivity contribution >= 4 is 5.82 Å². The molecule has 1 aliphatic carbocycles. The molecule has 16 heavy (non-hydrogen) atoms. The fraction of sp³-hybridized carbons (Fsp3) is 0.667. The molecule has 0 amide bonds. The molecular weight excluding hydrogens is 200 g/mol. The van der Waals surface area contributed by atoms with E-state index in [0.29, 0.717) is 5.92 Å². The highest BCUT2D eigenvalue weighted by molar-refractivity contribution is 5.33. The first kappa shape index (κ1) is 11.3. The highest BCUT2D eigenvalue weighted by Gasteiger charge is 2.18. The summed E-state index contributed by atoms with van der Waals surface area (Å²) in [4.78, 5) is 0. The number of hydrogen-bond acceptors (Lipinski definition) is 4. The first-order valence-electron chi connectivity index (χ1n) is 6.09. The van der Waals surface area contributed by atoms with Crippen molar-refractivity contribution in [3.63, 3.8) is 0 Å². The maximum absolute atomic E-state index is 5.66.